The molecule has 2 amide bonds. The van der Waals surface area contributed by atoms with Gasteiger partial charge >= 0.3 is 0 Å². The summed E-state index contributed by atoms with van der Waals surface area (Å²) in [6.45, 7) is 4.45. The molecular weight excluding hydrogens is 312 g/mol. The summed E-state index contributed by atoms with van der Waals surface area (Å²) in [5.41, 5.74) is 2.07. The number of carbonyl (C=O) groups is 2. The Bertz CT molecular complexity index is 721. The van der Waals surface area contributed by atoms with Crippen LogP contribution < -0.4 is 10.6 Å². The minimum atomic E-state index is -0.157. The predicted octanol–water partition coefficient (Wildman–Crippen LogP) is 2.55. The lowest BCUT2D eigenvalue weighted by Gasteiger charge is -2.04. The van der Waals surface area contributed by atoms with E-state index in [0.717, 1.165) is 17.0 Å². The third kappa shape index (κ3) is 3.79. The van der Waals surface area contributed by atoms with Crippen LogP contribution in [0.15, 0.2) is 17.5 Å². The Morgan fingerprint density at radius 1 is 1.48 bits per heavy atom. The number of aromatic amines is 1. The van der Waals surface area contributed by atoms with Crippen LogP contribution >= 0.6 is 11.3 Å². The molecule has 1 aliphatic carbocycles. The molecule has 1 saturated carbocycles. The normalized spacial score (nSPS) is 19.4. The fourth-order valence-electron chi connectivity index (χ4n) is 2.47. The lowest BCUT2D eigenvalue weighted by Crippen LogP contribution is -2.29. The van der Waals surface area contributed by atoms with Crippen LogP contribution in [0.4, 0.5) is 5.82 Å². The van der Waals surface area contributed by atoms with Crippen LogP contribution in [0.5, 0.6) is 0 Å². The Morgan fingerprint density at radius 2 is 2.26 bits per heavy atom. The molecular formula is C16H20N4O2S. The van der Waals surface area contributed by atoms with Gasteiger partial charge in [-0.05, 0) is 36.3 Å². The number of nitrogens with zero attached hydrogens (tertiary/aromatic N) is 1. The van der Waals surface area contributed by atoms with Gasteiger partial charge in [-0.3, -0.25) is 14.7 Å². The average molecular weight is 332 g/mol. The molecule has 0 aromatic carbocycles. The molecule has 122 valence electrons. The van der Waals surface area contributed by atoms with Gasteiger partial charge in [-0.15, -0.1) is 11.3 Å². The Morgan fingerprint density at radius 3 is 2.91 bits per heavy atom. The maximum Gasteiger partial charge on any atom is 0.227 e. The van der Waals surface area contributed by atoms with Gasteiger partial charge in [0.15, 0.2) is 5.82 Å². The summed E-state index contributed by atoms with van der Waals surface area (Å²) >= 11 is 1.63. The highest BCUT2D eigenvalue weighted by molar-refractivity contribution is 7.13. The van der Waals surface area contributed by atoms with Crippen molar-refractivity contribution in [3.05, 3.63) is 23.1 Å². The highest BCUT2D eigenvalue weighted by atomic mass is 32.1. The van der Waals surface area contributed by atoms with E-state index < -0.39 is 0 Å². The number of aryl methyl sites for hydroxylation is 1. The van der Waals surface area contributed by atoms with Crippen molar-refractivity contribution in [2.45, 2.75) is 26.7 Å². The van der Waals surface area contributed by atoms with E-state index in [2.05, 4.69) is 27.8 Å². The van der Waals surface area contributed by atoms with Gasteiger partial charge < -0.3 is 10.6 Å². The van der Waals surface area contributed by atoms with Gasteiger partial charge in [0.05, 0.1) is 10.6 Å². The lowest BCUT2D eigenvalue weighted by atomic mass is 10.2. The number of nitrogens with one attached hydrogen (secondary N) is 3. The number of amides is 2. The summed E-state index contributed by atoms with van der Waals surface area (Å²) in [6, 6.07) is 3.86. The van der Waals surface area contributed by atoms with Crippen LogP contribution in [0.2, 0.25) is 0 Å². The van der Waals surface area contributed by atoms with Gasteiger partial charge in [0, 0.05) is 24.9 Å². The molecule has 0 spiro atoms. The molecule has 23 heavy (non-hydrogen) atoms. The maximum atomic E-state index is 11.9. The first-order valence-electron chi connectivity index (χ1n) is 7.72. The number of hydrogen-bond donors (Lipinski definition) is 3. The summed E-state index contributed by atoms with van der Waals surface area (Å²) in [7, 11) is 0. The molecule has 0 radical (unpaired) electrons. The van der Waals surface area contributed by atoms with Crippen molar-refractivity contribution in [1.82, 2.24) is 15.5 Å². The van der Waals surface area contributed by atoms with Crippen molar-refractivity contribution in [1.29, 1.82) is 0 Å². The van der Waals surface area contributed by atoms with Gasteiger partial charge in [-0.1, -0.05) is 6.92 Å². The van der Waals surface area contributed by atoms with Gasteiger partial charge in [0.2, 0.25) is 11.8 Å². The van der Waals surface area contributed by atoms with Crippen molar-refractivity contribution in [3.63, 3.8) is 0 Å². The lowest BCUT2D eigenvalue weighted by molar-refractivity contribution is -0.122. The van der Waals surface area contributed by atoms with Gasteiger partial charge in [-0.2, -0.15) is 5.10 Å². The number of hydrogen-bond acceptors (Lipinski definition) is 4. The van der Waals surface area contributed by atoms with Crippen molar-refractivity contribution in [2.24, 2.45) is 11.8 Å². The first-order valence-corrected chi connectivity index (χ1v) is 8.60. The molecule has 0 unspecified atom stereocenters. The summed E-state index contributed by atoms with van der Waals surface area (Å²) < 4.78 is 0. The molecule has 2 heterocycles. The zero-order valence-electron chi connectivity index (χ0n) is 13.2. The molecule has 1 fully saturated rings. The molecule has 7 heteroatoms. The summed E-state index contributed by atoms with van der Waals surface area (Å²) in [5, 5.41) is 14.6. The van der Waals surface area contributed by atoms with Crippen molar-refractivity contribution in [2.75, 3.05) is 11.9 Å². The number of thiophene rings is 1. The van der Waals surface area contributed by atoms with Gasteiger partial charge in [0.25, 0.3) is 0 Å². The number of anilines is 1. The Balaban J connectivity index is 1.46. The standard InChI is InChI=1S/C16H20N4O2S/c1-9-4-6-23-15(9)12-8-13(20-19-12)18-14(21)3-5-17-16(22)11-7-10(11)2/h4,6,8,10-11H,3,5,7H2,1-2H3,(H,17,22)(H2,18,19,20,21)/t10-,11-/m1/s1. The molecule has 0 bridgehead atoms. The minimum Gasteiger partial charge on any atom is -0.355 e. The fourth-order valence-corrected chi connectivity index (χ4v) is 3.37. The smallest absolute Gasteiger partial charge is 0.227 e. The van der Waals surface area contributed by atoms with Crippen LogP contribution in [0, 0.1) is 18.8 Å². The van der Waals surface area contributed by atoms with Crippen molar-refractivity contribution < 1.29 is 9.59 Å². The first-order chi connectivity index (χ1) is 11.0. The SMILES string of the molecule is Cc1ccsc1-c1cc(NC(=O)CCNC(=O)[C@@H]2C[C@H]2C)n[nH]1. The van der Waals surface area contributed by atoms with E-state index in [0.29, 0.717) is 18.3 Å². The molecule has 0 aliphatic heterocycles. The third-order valence-corrected chi connectivity index (χ3v) is 5.10. The van der Waals surface area contributed by atoms with Crippen LogP contribution in [-0.2, 0) is 9.59 Å². The van der Waals surface area contributed by atoms with Gasteiger partial charge in [0.1, 0.15) is 0 Å². The predicted molar refractivity (Wildman–Crippen MR) is 90.2 cm³/mol. The van der Waals surface area contributed by atoms with E-state index in [1.54, 1.807) is 11.3 Å². The van der Waals surface area contributed by atoms with E-state index >= 15 is 0 Å². The van der Waals surface area contributed by atoms with Crippen molar-refractivity contribution in [3.8, 4) is 10.6 Å². The number of rotatable bonds is 6. The highest BCUT2D eigenvalue weighted by Gasteiger charge is 2.38. The Kier molecular flexibility index (Phi) is 4.47. The van der Waals surface area contributed by atoms with Crippen LogP contribution in [-0.4, -0.2) is 28.6 Å². The van der Waals surface area contributed by atoms with Crippen LogP contribution in [0.3, 0.4) is 0 Å². The van der Waals surface area contributed by atoms with E-state index in [1.165, 1.54) is 5.56 Å². The first kappa shape index (κ1) is 15.7. The highest BCUT2D eigenvalue weighted by Crippen LogP contribution is 2.37. The zero-order valence-corrected chi connectivity index (χ0v) is 14.0. The third-order valence-electron chi connectivity index (χ3n) is 4.05. The molecule has 2 aromatic rings. The quantitative estimate of drug-likeness (QED) is 0.760. The second-order valence-electron chi connectivity index (χ2n) is 6.01. The second kappa shape index (κ2) is 6.54. The summed E-state index contributed by atoms with van der Waals surface area (Å²) in [5.74, 6) is 1.02. The minimum absolute atomic E-state index is 0.0560. The van der Waals surface area contributed by atoms with E-state index in [1.807, 2.05) is 24.4 Å². The fraction of sp³-hybridized carbons (Fsp3) is 0.438. The zero-order chi connectivity index (χ0) is 16.4. The van der Waals surface area contributed by atoms with Crippen LogP contribution in [0.1, 0.15) is 25.3 Å². The Hall–Kier alpha value is -2.15. The molecule has 0 saturated heterocycles. The van der Waals surface area contributed by atoms with Crippen LogP contribution in [0.25, 0.3) is 10.6 Å². The average Bonchev–Trinajstić information content (AvgIpc) is 2.88. The number of aromatic nitrogens is 2. The van der Waals surface area contributed by atoms with E-state index in [9.17, 15) is 9.59 Å². The molecule has 6 nitrogen and oxygen atoms in total. The summed E-state index contributed by atoms with van der Waals surface area (Å²) in [6.07, 6.45) is 1.20. The number of carbonyl (C=O) groups excluding carboxylic acids is 2. The molecule has 1 aliphatic rings. The maximum absolute atomic E-state index is 11.9. The molecule has 2 aromatic heterocycles. The van der Waals surface area contributed by atoms with E-state index in [-0.39, 0.29) is 24.2 Å². The Labute approximate surface area is 138 Å². The topological polar surface area (TPSA) is 86.9 Å². The van der Waals surface area contributed by atoms with Crippen molar-refractivity contribution >= 4 is 29.0 Å². The monoisotopic (exact) mass is 332 g/mol. The molecule has 2 atom stereocenters. The molecule has 3 rings (SSSR count). The largest absolute Gasteiger partial charge is 0.355 e. The number of H-pyrrole nitrogens is 1. The summed E-state index contributed by atoms with van der Waals surface area (Å²) in [4.78, 5) is 24.7. The second-order valence-corrected chi connectivity index (χ2v) is 6.92. The van der Waals surface area contributed by atoms with Gasteiger partial charge in [-0.25, -0.2) is 0 Å². The van der Waals surface area contributed by atoms with E-state index in [4.69, 9.17) is 0 Å². The molecule has 3 N–H and O–H groups in total.